The van der Waals surface area contributed by atoms with Crippen LogP contribution in [-0.4, -0.2) is 63.3 Å². The highest BCUT2D eigenvalue weighted by molar-refractivity contribution is 5.85. The second-order valence-electron chi connectivity index (χ2n) is 6.46. The Kier molecular flexibility index (Phi) is 4.14. The maximum atomic E-state index is 12.2. The highest BCUT2D eigenvalue weighted by Crippen LogP contribution is 2.36. The predicted octanol–water partition coefficient (Wildman–Crippen LogP) is -0.464. The van der Waals surface area contributed by atoms with Gasteiger partial charge in [0.1, 0.15) is 30.0 Å². The highest BCUT2D eigenvalue weighted by Gasteiger charge is 2.54. The zero-order valence-electron chi connectivity index (χ0n) is 12.6. The van der Waals surface area contributed by atoms with Crippen molar-refractivity contribution in [2.45, 2.75) is 70.1 Å². The number of aliphatic hydroxyl groups is 2. The molecule has 4 unspecified atom stereocenters. The lowest BCUT2D eigenvalue weighted by atomic mass is 10.1. The number of alkyl carbamates (subject to hydrolysis) is 1. The number of hydroxylamine groups is 2. The molecule has 0 aromatic rings. The average molecular weight is 302 g/mol. The zero-order chi connectivity index (χ0) is 15.9. The van der Waals surface area contributed by atoms with Crippen LogP contribution in [0.3, 0.4) is 0 Å². The van der Waals surface area contributed by atoms with E-state index in [4.69, 9.17) is 9.57 Å². The van der Waals surface area contributed by atoms with Crippen molar-refractivity contribution in [3.8, 4) is 0 Å². The third-order valence-corrected chi connectivity index (χ3v) is 3.47. The van der Waals surface area contributed by atoms with Crippen molar-refractivity contribution in [3.63, 3.8) is 0 Å². The minimum absolute atomic E-state index is 0.382. The number of hydrogen-bond acceptors (Lipinski definition) is 6. The Labute approximate surface area is 123 Å². The molecule has 8 nitrogen and oxygen atoms in total. The number of fused-ring (bicyclic) bond motifs is 2. The molecule has 5 atom stereocenters. The van der Waals surface area contributed by atoms with Gasteiger partial charge in [-0.2, -0.15) is 0 Å². The number of rotatable bonds is 2. The quantitative estimate of drug-likeness (QED) is 0.637. The van der Waals surface area contributed by atoms with Crippen molar-refractivity contribution < 1.29 is 29.4 Å². The lowest BCUT2D eigenvalue weighted by Crippen LogP contribution is -2.55. The largest absolute Gasteiger partial charge is 0.444 e. The van der Waals surface area contributed by atoms with E-state index in [2.05, 4.69) is 5.32 Å². The van der Waals surface area contributed by atoms with E-state index < -0.39 is 48.0 Å². The fraction of sp³-hybridized carbons (Fsp3) is 0.846. The van der Waals surface area contributed by atoms with Crippen molar-refractivity contribution in [3.05, 3.63) is 0 Å². The molecule has 2 bridgehead atoms. The van der Waals surface area contributed by atoms with Crippen LogP contribution in [0.1, 0.15) is 34.1 Å². The van der Waals surface area contributed by atoms with E-state index in [-0.39, 0.29) is 0 Å². The number of hydrogen-bond donors (Lipinski definition) is 3. The van der Waals surface area contributed by atoms with Crippen LogP contribution in [-0.2, 0) is 14.4 Å². The van der Waals surface area contributed by atoms with E-state index in [1.807, 2.05) is 0 Å². The number of carbonyl (C=O) groups excluding carboxylic acids is 2. The van der Waals surface area contributed by atoms with E-state index in [1.165, 1.54) is 6.92 Å². The molecule has 1 aliphatic carbocycles. The number of ether oxygens (including phenoxy) is 1. The summed E-state index contributed by atoms with van der Waals surface area (Å²) in [6.07, 6.45) is -2.90. The summed E-state index contributed by atoms with van der Waals surface area (Å²) in [4.78, 5) is 29.1. The van der Waals surface area contributed by atoms with Gasteiger partial charge >= 0.3 is 6.09 Å². The Morgan fingerprint density at radius 3 is 2.43 bits per heavy atom. The predicted molar refractivity (Wildman–Crippen MR) is 71.0 cm³/mol. The summed E-state index contributed by atoms with van der Waals surface area (Å²) >= 11 is 0. The number of nitrogens with zero attached hydrogens (tertiary/aromatic N) is 1. The number of amides is 2. The summed E-state index contributed by atoms with van der Waals surface area (Å²) < 4.78 is 5.07. The smallest absolute Gasteiger partial charge is 0.408 e. The topological polar surface area (TPSA) is 108 Å². The minimum Gasteiger partial charge on any atom is -0.444 e. The Morgan fingerprint density at radius 1 is 1.33 bits per heavy atom. The number of aliphatic hydroxyl groups excluding tert-OH is 2. The van der Waals surface area contributed by atoms with Crippen molar-refractivity contribution in [2.24, 2.45) is 0 Å². The summed E-state index contributed by atoms with van der Waals surface area (Å²) in [7, 11) is 0. The summed E-state index contributed by atoms with van der Waals surface area (Å²) in [5.41, 5.74) is -0.656. The molecule has 1 saturated heterocycles. The van der Waals surface area contributed by atoms with Crippen LogP contribution in [0.2, 0.25) is 0 Å². The molecular weight excluding hydrogens is 280 g/mol. The molecule has 1 aliphatic heterocycles. The molecule has 21 heavy (non-hydrogen) atoms. The summed E-state index contributed by atoms with van der Waals surface area (Å²) in [5, 5.41) is 22.9. The molecule has 2 fully saturated rings. The Hall–Kier alpha value is -1.38. The molecule has 0 spiro atoms. The van der Waals surface area contributed by atoms with Gasteiger partial charge in [-0.25, -0.2) is 9.86 Å². The molecule has 8 heteroatoms. The van der Waals surface area contributed by atoms with Crippen molar-refractivity contribution in [1.82, 2.24) is 10.4 Å². The van der Waals surface area contributed by atoms with Gasteiger partial charge in [-0.15, -0.1) is 0 Å². The zero-order valence-corrected chi connectivity index (χ0v) is 12.6. The van der Waals surface area contributed by atoms with Crippen LogP contribution >= 0.6 is 0 Å². The first-order valence-electron chi connectivity index (χ1n) is 6.95. The number of carbonyl (C=O) groups is 2. The molecule has 1 saturated carbocycles. The van der Waals surface area contributed by atoms with Gasteiger partial charge in [-0.3, -0.25) is 9.63 Å². The minimum atomic E-state index is -1.03. The first-order chi connectivity index (χ1) is 9.60. The van der Waals surface area contributed by atoms with Gasteiger partial charge < -0.3 is 20.3 Å². The third-order valence-electron chi connectivity index (χ3n) is 3.47. The second kappa shape index (κ2) is 5.43. The molecule has 3 N–H and O–H groups in total. The van der Waals surface area contributed by atoms with Crippen LogP contribution in [0.25, 0.3) is 0 Å². The first-order valence-corrected chi connectivity index (χ1v) is 6.95. The Balaban J connectivity index is 1.91. The maximum absolute atomic E-state index is 12.2. The van der Waals surface area contributed by atoms with Gasteiger partial charge in [0.15, 0.2) is 0 Å². The highest BCUT2D eigenvalue weighted by atomic mass is 16.7. The van der Waals surface area contributed by atoms with E-state index in [1.54, 1.807) is 20.8 Å². The van der Waals surface area contributed by atoms with E-state index in [0.717, 1.165) is 5.06 Å². The molecule has 2 aliphatic rings. The van der Waals surface area contributed by atoms with E-state index >= 15 is 0 Å². The third kappa shape index (κ3) is 3.28. The lowest BCUT2D eigenvalue weighted by molar-refractivity contribution is -0.240. The standard InChI is InChI=1S/C13H22N2O6/c1-6(14-12(19)20-13(2,3)4)11(18)15-7-5-8(21-15)10(17)9(7)16/h6-10,16-17H,5H2,1-4H3,(H,14,19)/t6?,7?,8-,9?,10?/m1/s1. The molecular formula is C13H22N2O6. The van der Waals surface area contributed by atoms with Crippen molar-refractivity contribution >= 4 is 12.0 Å². The Morgan fingerprint density at radius 2 is 1.95 bits per heavy atom. The fourth-order valence-electron chi connectivity index (χ4n) is 2.48. The average Bonchev–Trinajstić information content (AvgIpc) is 2.87. The van der Waals surface area contributed by atoms with E-state index in [9.17, 15) is 19.8 Å². The molecule has 2 rings (SSSR count). The van der Waals surface area contributed by atoms with Gasteiger partial charge in [0.25, 0.3) is 5.91 Å². The Bertz CT molecular complexity index is 433. The summed E-state index contributed by atoms with van der Waals surface area (Å²) in [6, 6.07) is -1.44. The van der Waals surface area contributed by atoms with Crippen LogP contribution in [0.4, 0.5) is 4.79 Å². The molecule has 0 aromatic heterocycles. The van der Waals surface area contributed by atoms with Crippen molar-refractivity contribution in [2.75, 3.05) is 0 Å². The van der Waals surface area contributed by atoms with Gasteiger partial charge in [0, 0.05) is 6.42 Å². The van der Waals surface area contributed by atoms with Crippen molar-refractivity contribution in [1.29, 1.82) is 0 Å². The van der Waals surface area contributed by atoms with Gasteiger partial charge in [0.2, 0.25) is 0 Å². The molecule has 120 valence electrons. The van der Waals surface area contributed by atoms with Gasteiger partial charge in [-0.1, -0.05) is 0 Å². The van der Waals surface area contributed by atoms with E-state index in [0.29, 0.717) is 6.42 Å². The van der Waals surface area contributed by atoms with Crippen LogP contribution in [0.15, 0.2) is 0 Å². The molecule has 2 amide bonds. The summed E-state index contributed by atoms with van der Waals surface area (Å²) in [5.74, 6) is -0.487. The first kappa shape index (κ1) is 16.0. The van der Waals surface area contributed by atoms with Gasteiger partial charge in [-0.05, 0) is 27.7 Å². The van der Waals surface area contributed by atoms with Crippen LogP contribution < -0.4 is 5.32 Å². The van der Waals surface area contributed by atoms with Crippen LogP contribution in [0, 0.1) is 0 Å². The normalized spacial score (nSPS) is 33.0. The maximum Gasteiger partial charge on any atom is 0.408 e. The monoisotopic (exact) mass is 302 g/mol. The second-order valence-corrected chi connectivity index (χ2v) is 6.46. The molecule has 0 aromatic carbocycles. The fourth-order valence-corrected chi connectivity index (χ4v) is 2.48. The lowest BCUT2D eigenvalue weighted by Gasteiger charge is -2.33. The molecule has 1 heterocycles. The SMILES string of the molecule is CC(NC(=O)OC(C)(C)C)C(=O)N1O[C@@H]2CC1C(O)C2O. The van der Waals surface area contributed by atoms with Gasteiger partial charge in [0.05, 0.1) is 6.04 Å². The number of nitrogens with one attached hydrogen (secondary N) is 1. The summed E-state index contributed by atoms with van der Waals surface area (Å²) in [6.45, 7) is 6.67. The molecule has 0 radical (unpaired) electrons. The van der Waals surface area contributed by atoms with Crippen LogP contribution in [0.5, 0.6) is 0 Å².